The summed E-state index contributed by atoms with van der Waals surface area (Å²) in [6.45, 7) is 4.38. The van der Waals surface area contributed by atoms with Crippen LogP contribution in [0.3, 0.4) is 0 Å². The molecule has 1 N–H and O–H groups in total. The average molecular weight is 236 g/mol. The molecule has 0 radical (unpaired) electrons. The molecule has 1 aliphatic rings. The lowest BCUT2D eigenvalue weighted by molar-refractivity contribution is -0.0512. The molecule has 1 atom stereocenters. The second-order valence-corrected chi connectivity index (χ2v) is 6.49. The van der Waals surface area contributed by atoms with Gasteiger partial charge >= 0.3 is 0 Å². The molecule has 1 fully saturated rings. The molecule has 2 heteroatoms. The predicted molar refractivity (Wildman–Crippen MR) is 70.8 cm³/mol. The van der Waals surface area contributed by atoms with E-state index in [1.54, 1.807) is 0 Å². The number of aliphatic hydroxyl groups is 1. The topological polar surface area (TPSA) is 20.2 Å². The highest BCUT2D eigenvalue weighted by Gasteiger charge is 2.45. The van der Waals surface area contributed by atoms with Crippen LogP contribution in [-0.2, 0) is 6.42 Å². The first kappa shape index (κ1) is 12.0. The third kappa shape index (κ3) is 2.28. The number of benzene rings is 1. The van der Waals surface area contributed by atoms with Gasteiger partial charge in [0.25, 0.3) is 0 Å². The van der Waals surface area contributed by atoms with Gasteiger partial charge in [-0.2, -0.15) is 11.8 Å². The van der Waals surface area contributed by atoms with E-state index >= 15 is 0 Å². The van der Waals surface area contributed by atoms with Crippen molar-refractivity contribution in [3.8, 4) is 0 Å². The van der Waals surface area contributed by atoms with Crippen molar-refractivity contribution in [3.05, 3.63) is 35.9 Å². The number of hydrogen-bond acceptors (Lipinski definition) is 2. The minimum absolute atomic E-state index is 0.0219. The molecule has 1 heterocycles. The summed E-state index contributed by atoms with van der Waals surface area (Å²) in [4.78, 5) is 0. The quantitative estimate of drug-likeness (QED) is 0.851. The Morgan fingerprint density at radius 2 is 1.94 bits per heavy atom. The molecule has 0 spiro atoms. The highest BCUT2D eigenvalue weighted by atomic mass is 32.2. The molecule has 1 saturated heterocycles. The third-order valence-electron chi connectivity index (χ3n) is 3.81. The predicted octanol–water partition coefficient (Wildman–Crippen LogP) is 3.12. The van der Waals surface area contributed by atoms with Crippen LogP contribution in [0.15, 0.2) is 30.3 Å². The minimum Gasteiger partial charge on any atom is -0.388 e. The Labute approximate surface area is 102 Å². The van der Waals surface area contributed by atoms with Crippen molar-refractivity contribution in [2.24, 2.45) is 5.41 Å². The standard InChI is InChI=1S/C14H20OS/c1-13(2)8-9-16-11-14(13,15)10-12-6-4-3-5-7-12/h3-7,15H,8-11H2,1-2H3. The molecule has 1 nitrogen and oxygen atoms in total. The van der Waals surface area contributed by atoms with Crippen molar-refractivity contribution >= 4 is 11.8 Å². The minimum atomic E-state index is -0.558. The van der Waals surface area contributed by atoms with Gasteiger partial charge in [-0.25, -0.2) is 0 Å². The maximum Gasteiger partial charge on any atom is 0.0828 e. The van der Waals surface area contributed by atoms with Gasteiger partial charge in [0, 0.05) is 12.2 Å². The van der Waals surface area contributed by atoms with Crippen LogP contribution in [0.1, 0.15) is 25.8 Å². The average Bonchev–Trinajstić information content (AvgIpc) is 2.24. The fourth-order valence-corrected chi connectivity index (χ4v) is 3.85. The summed E-state index contributed by atoms with van der Waals surface area (Å²) in [5, 5.41) is 10.8. The lowest BCUT2D eigenvalue weighted by atomic mass is 9.70. The summed E-state index contributed by atoms with van der Waals surface area (Å²) < 4.78 is 0. The first-order valence-corrected chi connectivity index (χ1v) is 7.03. The molecular weight excluding hydrogens is 216 g/mol. The number of hydrogen-bond donors (Lipinski definition) is 1. The van der Waals surface area contributed by atoms with Gasteiger partial charge < -0.3 is 5.11 Å². The van der Waals surface area contributed by atoms with Crippen LogP contribution >= 0.6 is 11.8 Å². The lowest BCUT2D eigenvalue weighted by Gasteiger charge is -2.46. The van der Waals surface area contributed by atoms with Crippen molar-refractivity contribution < 1.29 is 5.11 Å². The second kappa shape index (κ2) is 4.42. The van der Waals surface area contributed by atoms with E-state index in [4.69, 9.17) is 0 Å². The molecule has 0 aromatic heterocycles. The Hall–Kier alpha value is -0.470. The molecule has 2 rings (SSSR count). The Kier molecular flexibility index (Phi) is 3.32. The van der Waals surface area contributed by atoms with E-state index in [0.29, 0.717) is 0 Å². The van der Waals surface area contributed by atoms with Gasteiger partial charge in [-0.1, -0.05) is 44.2 Å². The molecular formula is C14H20OS. The van der Waals surface area contributed by atoms with Gasteiger partial charge in [-0.3, -0.25) is 0 Å². The normalized spacial score (nSPS) is 28.9. The lowest BCUT2D eigenvalue weighted by Crippen LogP contribution is -2.51. The fraction of sp³-hybridized carbons (Fsp3) is 0.571. The third-order valence-corrected chi connectivity index (χ3v) is 4.99. The van der Waals surface area contributed by atoms with Gasteiger partial charge in [0.2, 0.25) is 0 Å². The molecule has 0 aliphatic carbocycles. The molecule has 1 aliphatic heterocycles. The first-order chi connectivity index (χ1) is 7.54. The highest BCUT2D eigenvalue weighted by molar-refractivity contribution is 7.99. The Morgan fingerprint density at radius 1 is 1.25 bits per heavy atom. The summed E-state index contributed by atoms with van der Waals surface area (Å²) >= 11 is 1.87. The van der Waals surface area contributed by atoms with Crippen LogP contribution in [0.5, 0.6) is 0 Å². The first-order valence-electron chi connectivity index (χ1n) is 5.88. The number of rotatable bonds is 2. The van der Waals surface area contributed by atoms with Crippen LogP contribution < -0.4 is 0 Å². The van der Waals surface area contributed by atoms with Crippen LogP contribution in [0.4, 0.5) is 0 Å². The molecule has 1 aromatic carbocycles. The number of thioether (sulfide) groups is 1. The Morgan fingerprint density at radius 3 is 2.56 bits per heavy atom. The summed E-state index contributed by atoms with van der Waals surface area (Å²) in [6.07, 6.45) is 1.87. The molecule has 1 unspecified atom stereocenters. The smallest absolute Gasteiger partial charge is 0.0828 e. The second-order valence-electron chi connectivity index (χ2n) is 5.38. The van der Waals surface area contributed by atoms with Crippen molar-refractivity contribution in [3.63, 3.8) is 0 Å². The zero-order valence-corrected chi connectivity index (χ0v) is 10.9. The van der Waals surface area contributed by atoms with Crippen molar-refractivity contribution in [2.45, 2.75) is 32.3 Å². The summed E-state index contributed by atoms with van der Waals surface area (Å²) in [5.41, 5.74) is 0.700. The summed E-state index contributed by atoms with van der Waals surface area (Å²) in [5.74, 6) is 2.03. The van der Waals surface area contributed by atoms with Gasteiger partial charge in [0.1, 0.15) is 0 Å². The van der Waals surface area contributed by atoms with E-state index in [0.717, 1.165) is 18.6 Å². The van der Waals surface area contributed by atoms with Gasteiger partial charge in [-0.05, 0) is 23.2 Å². The van der Waals surface area contributed by atoms with Crippen molar-refractivity contribution in [2.75, 3.05) is 11.5 Å². The highest BCUT2D eigenvalue weighted by Crippen LogP contribution is 2.43. The van der Waals surface area contributed by atoms with Crippen LogP contribution in [-0.4, -0.2) is 22.2 Å². The monoisotopic (exact) mass is 236 g/mol. The SMILES string of the molecule is CC1(C)CCSCC1(O)Cc1ccccc1. The van der Waals surface area contributed by atoms with Gasteiger partial charge in [0.05, 0.1) is 5.60 Å². The van der Waals surface area contributed by atoms with E-state index in [1.807, 2.05) is 30.0 Å². The summed E-state index contributed by atoms with van der Waals surface area (Å²) in [6, 6.07) is 10.3. The van der Waals surface area contributed by atoms with E-state index < -0.39 is 5.60 Å². The largest absolute Gasteiger partial charge is 0.388 e. The molecule has 0 amide bonds. The van der Waals surface area contributed by atoms with Crippen LogP contribution in [0, 0.1) is 5.41 Å². The van der Waals surface area contributed by atoms with Crippen molar-refractivity contribution in [1.29, 1.82) is 0 Å². The zero-order valence-electron chi connectivity index (χ0n) is 10.1. The summed E-state index contributed by atoms with van der Waals surface area (Å²) in [7, 11) is 0. The molecule has 16 heavy (non-hydrogen) atoms. The van der Waals surface area contributed by atoms with E-state index in [-0.39, 0.29) is 5.41 Å². The van der Waals surface area contributed by atoms with Gasteiger partial charge in [-0.15, -0.1) is 0 Å². The van der Waals surface area contributed by atoms with Crippen LogP contribution in [0.2, 0.25) is 0 Å². The zero-order chi connectivity index (χ0) is 11.6. The molecule has 1 aromatic rings. The molecule has 0 saturated carbocycles. The maximum absolute atomic E-state index is 10.8. The fourth-order valence-electron chi connectivity index (χ4n) is 2.22. The molecule has 88 valence electrons. The molecule has 0 bridgehead atoms. The Bertz CT molecular complexity index is 347. The van der Waals surface area contributed by atoms with E-state index in [1.165, 1.54) is 11.3 Å². The van der Waals surface area contributed by atoms with Gasteiger partial charge in [0.15, 0.2) is 0 Å². The van der Waals surface area contributed by atoms with E-state index in [2.05, 4.69) is 26.0 Å². The van der Waals surface area contributed by atoms with Crippen molar-refractivity contribution in [1.82, 2.24) is 0 Å². The van der Waals surface area contributed by atoms with E-state index in [9.17, 15) is 5.11 Å². The maximum atomic E-state index is 10.8. The van der Waals surface area contributed by atoms with Crippen LogP contribution in [0.25, 0.3) is 0 Å². The Balaban J connectivity index is 2.18.